The number of piperidine rings is 1. The zero-order chi connectivity index (χ0) is 32.5. The van der Waals surface area contributed by atoms with Crippen molar-refractivity contribution in [3.8, 4) is 11.1 Å². The van der Waals surface area contributed by atoms with Gasteiger partial charge in [0.2, 0.25) is 16.0 Å². The Labute approximate surface area is 255 Å². The number of nitrogens with zero attached hydrogens (tertiary/aromatic N) is 5. The lowest BCUT2D eigenvalue weighted by atomic mass is 10.0. The number of para-hydroxylation sites is 1. The van der Waals surface area contributed by atoms with Crippen molar-refractivity contribution in [2.45, 2.75) is 25.2 Å². The van der Waals surface area contributed by atoms with Crippen LogP contribution in [0.1, 0.15) is 6.42 Å². The summed E-state index contributed by atoms with van der Waals surface area (Å²) < 4.78 is 76.6. The first-order valence-electron chi connectivity index (χ1n) is 13.7. The van der Waals surface area contributed by atoms with Crippen LogP contribution < -0.4 is 15.2 Å². The monoisotopic (exact) mass is 646 g/mol. The number of sulfonamides is 1. The van der Waals surface area contributed by atoms with Gasteiger partial charge in [0.25, 0.3) is 5.56 Å². The van der Waals surface area contributed by atoms with Crippen molar-refractivity contribution in [3.63, 3.8) is 0 Å². The Morgan fingerprint density at radius 2 is 1.87 bits per heavy atom. The Bertz CT molecular complexity index is 1920. The van der Waals surface area contributed by atoms with Gasteiger partial charge in [0, 0.05) is 43.3 Å². The van der Waals surface area contributed by atoms with Crippen molar-refractivity contribution in [1.29, 1.82) is 0 Å². The van der Waals surface area contributed by atoms with E-state index in [1.165, 1.54) is 48.2 Å². The highest BCUT2D eigenvalue weighted by atomic mass is 32.2. The first-order valence-corrected chi connectivity index (χ1v) is 15.5. The summed E-state index contributed by atoms with van der Waals surface area (Å²) in [6, 6.07) is 9.37. The Hall–Kier alpha value is -4.70. The average Bonchev–Trinajstić information content (AvgIpc) is 2.97. The molecular weight excluding hydrogens is 617 g/mol. The summed E-state index contributed by atoms with van der Waals surface area (Å²) in [5, 5.41) is 12.6. The molecule has 0 saturated carbocycles. The quantitative estimate of drug-likeness (QED) is 0.276. The Balaban J connectivity index is 1.54. The highest BCUT2D eigenvalue weighted by molar-refractivity contribution is 7.92. The van der Waals surface area contributed by atoms with Crippen LogP contribution in [0.25, 0.3) is 22.2 Å². The zero-order valence-electron chi connectivity index (χ0n) is 24.2. The zero-order valence-corrected chi connectivity index (χ0v) is 25.0. The SMILES string of the molecule is COCCn1c(=O)c(-c2ccc(N(c3ccccc3F)S(C)(=O)=O)c(F)c2)cc2cnc(N[C@H]3C[C@H](F)CN(C(=O)O)C3)nc21. The number of pyridine rings is 1. The fourth-order valence-corrected chi connectivity index (χ4v) is 6.26. The van der Waals surface area contributed by atoms with Crippen LogP contribution >= 0.6 is 0 Å². The maximum atomic E-state index is 15.6. The standard InChI is InChI=1S/C29H29F3N6O6S/c1-44-10-9-37-26-18(14-33-28(35-26)34-20-13-19(30)15-36(16-20)29(40)41)11-21(27(37)39)17-7-8-25(23(32)12-17)38(45(2,42)43)24-6-4-3-5-22(24)31/h3-8,11-12,14,19-20H,9-10,13,15-16H2,1-2H3,(H,40,41)(H,33,34,35)/t19-,20-/m0/s1. The second kappa shape index (κ2) is 12.7. The lowest BCUT2D eigenvalue weighted by Crippen LogP contribution is -2.49. The van der Waals surface area contributed by atoms with Gasteiger partial charge in [0.1, 0.15) is 23.5 Å². The van der Waals surface area contributed by atoms with Gasteiger partial charge in [-0.15, -0.1) is 0 Å². The molecule has 0 radical (unpaired) electrons. The number of likely N-dealkylation sites (tertiary alicyclic amines) is 1. The second-order valence-corrected chi connectivity index (χ2v) is 12.3. The molecule has 1 aliphatic heterocycles. The number of carboxylic acid groups (broad SMARTS) is 1. The van der Waals surface area contributed by atoms with Crippen LogP contribution in [0.15, 0.2) is 59.5 Å². The molecule has 2 N–H and O–H groups in total. The van der Waals surface area contributed by atoms with Gasteiger partial charge in [-0.3, -0.25) is 9.36 Å². The summed E-state index contributed by atoms with van der Waals surface area (Å²) in [5.41, 5.74) is -1.01. The smallest absolute Gasteiger partial charge is 0.407 e. The molecule has 0 bridgehead atoms. The molecule has 3 heterocycles. The number of rotatable bonds is 9. The van der Waals surface area contributed by atoms with Gasteiger partial charge >= 0.3 is 6.09 Å². The van der Waals surface area contributed by atoms with E-state index in [4.69, 9.17) is 4.74 Å². The van der Waals surface area contributed by atoms with E-state index < -0.39 is 51.2 Å². The number of hydrogen-bond donors (Lipinski definition) is 2. The fraction of sp³-hybridized carbons (Fsp3) is 0.310. The molecule has 1 amide bonds. The molecule has 0 unspecified atom stereocenters. The molecule has 16 heteroatoms. The van der Waals surface area contributed by atoms with Gasteiger partial charge < -0.3 is 20.1 Å². The van der Waals surface area contributed by atoms with Crippen LogP contribution in [0.3, 0.4) is 0 Å². The third kappa shape index (κ3) is 6.71. The lowest BCUT2D eigenvalue weighted by molar-refractivity contribution is 0.102. The van der Waals surface area contributed by atoms with Crippen LogP contribution in [-0.4, -0.2) is 84.3 Å². The van der Waals surface area contributed by atoms with Crippen molar-refractivity contribution in [1.82, 2.24) is 19.4 Å². The van der Waals surface area contributed by atoms with Crippen LogP contribution in [0.2, 0.25) is 0 Å². The van der Waals surface area contributed by atoms with E-state index in [9.17, 15) is 31.9 Å². The van der Waals surface area contributed by atoms with E-state index >= 15 is 4.39 Å². The van der Waals surface area contributed by atoms with E-state index in [2.05, 4.69) is 15.3 Å². The van der Waals surface area contributed by atoms with E-state index in [1.54, 1.807) is 0 Å². The Kier molecular flexibility index (Phi) is 8.97. The number of halogens is 3. The molecule has 45 heavy (non-hydrogen) atoms. The number of ether oxygens (including phenoxy) is 1. The van der Waals surface area contributed by atoms with Crippen LogP contribution in [-0.2, 0) is 21.3 Å². The van der Waals surface area contributed by atoms with Crippen LogP contribution in [0.5, 0.6) is 0 Å². The number of carbonyl (C=O) groups is 1. The minimum absolute atomic E-state index is 0.0157. The first kappa shape index (κ1) is 31.7. The minimum Gasteiger partial charge on any atom is -0.465 e. The largest absolute Gasteiger partial charge is 0.465 e. The van der Waals surface area contributed by atoms with Crippen molar-refractivity contribution in [2.24, 2.45) is 0 Å². The number of anilines is 3. The van der Waals surface area contributed by atoms with Crippen LogP contribution in [0, 0.1) is 11.6 Å². The number of aromatic nitrogens is 3. The maximum Gasteiger partial charge on any atom is 0.407 e. The number of hydrogen-bond acceptors (Lipinski definition) is 8. The predicted molar refractivity (Wildman–Crippen MR) is 161 cm³/mol. The molecule has 1 fully saturated rings. The highest BCUT2D eigenvalue weighted by Gasteiger charge is 2.31. The van der Waals surface area contributed by atoms with E-state index in [0.29, 0.717) is 9.69 Å². The van der Waals surface area contributed by atoms with Crippen molar-refractivity contribution in [2.75, 3.05) is 42.7 Å². The summed E-state index contributed by atoms with van der Waals surface area (Å²) in [5.74, 6) is -1.84. The van der Waals surface area contributed by atoms with Gasteiger partial charge in [-0.25, -0.2) is 35.7 Å². The van der Waals surface area contributed by atoms with E-state index in [-0.39, 0.29) is 61.1 Å². The Morgan fingerprint density at radius 1 is 1.13 bits per heavy atom. The normalized spacial score (nSPS) is 17.0. The van der Waals surface area contributed by atoms with Crippen molar-refractivity contribution in [3.05, 3.63) is 76.7 Å². The van der Waals surface area contributed by atoms with E-state index in [0.717, 1.165) is 29.4 Å². The summed E-state index contributed by atoms with van der Waals surface area (Å²) in [4.78, 5) is 34.8. The first-order chi connectivity index (χ1) is 21.4. The van der Waals surface area contributed by atoms with Gasteiger partial charge in [0.15, 0.2) is 0 Å². The molecule has 5 rings (SSSR count). The average molecular weight is 647 g/mol. The molecule has 1 aliphatic rings. The fourth-order valence-electron chi connectivity index (χ4n) is 5.25. The van der Waals surface area contributed by atoms with Gasteiger partial charge in [-0.1, -0.05) is 18.2 Å². The number of nitrogens with one attached hydrogen (secondary N) is 1. The summed E-state index contributed by atoms with van der Waals surface area (Å²) in [7, 11) is -2.73. The van der Waals surface area contributed by atoms with Crippen LogP contribution in [0.4, 0.5) is 35.3 Å². The maximum absolute atomic E-state index is 15.6. The number of benzene rings is 2. The third-order valence-corrected chi connectivity index (χ3v) is 8.29. The second-order valence-electron chi connectivity index (χ2n) is 10.5. The van der Waals surface area contributed by atoms with Gasteiger partial charge in [-0.2, -0.15) is 4.98 Å². The van der Waals surface area contributed by atoms with Crippen molar-refractivity contribution >= 4 is 44.5 Å². The molecule has 4 aromatic rings. The topological polar surface area (TPSA) is 147 Å². The molecule has 0 aliphatic carbocycles. The van der Waals surface area contributed by atoms with Gasteiger partial charge in [0.05, 0.1) is 37.3 Å². The Morgan fingerprint density at radius 3 is 2.53 bits per heavy atom. The van der Waals surface area contributed by atoms with Crippen molar-refractivity contribution < 1.29 is 36.2 Å². The molecule has 2 aromatic carbocycles. The van der Waals surface area contributed by atoms with Gasteiger partial charge in [-0.05, 0) is 35.9 Å². The predicted octanol–water partition coefficient (Wildman–Crippen LogP) is 3.98. The molecule has 0 spiro atoms. The molecular formula is C29H29F3N6O6S. The number of fused-ring (bicyclic) bond motifs is 1. The lowest BCUT2D eigenvalue weighted by Gasteiger charge is -2.33. The number of amides is 1. The van der Waals surface area contributed by atoms with E-state index in [1.807, 2.05) is 0 Å². The molecule has 12 nitrogen and oxygen atoms in total. The third-order valence-electron chi connectivity index (χ3n) is 7.23. The highest BCUT2D eigenvalue weighted by Crippen LogP contribution is 2.34. The molecule has 2 aromatic heterocycles. The summed E-state index contributed by atoms with van der Waals surface area (Å²) in [6.45, 7) is -0.0525. The number of alkyl halides is 1. The number of methoxy groups -OCH3 is 1. The molecule has 2 atom stereocenters. The molecule has 238 valence electrons. The summed E-state index contributed by atoms with van der Waals surface area (Å²) >= 11 is 0. The minimum atomic E-state index is -4.17. The summed E-state index contributed by atoms with van der Waals surface area (Å²) in [6.07, 6.45) is -0.352. The molecule has 1 saturated heterocycles.